The molecule has 0 radical (unpaired) electrons. The maximum atomic E-state index is 5.43. The first-order valence-electron chi connectivity index (χ1n) is 3.92. The molecule has 0 aliphatic heterocycles. The molecule has 0 amide bonds. The third kappa shape index (κ3) is 5.84. The molecular formula is C8H18O. The minimum absolute atomic E-state index is 0.468. The van der Waals surface area contributed by atoms with Crippen molar-refractivity contribution in [2.75, 3.05) is 6.61 Å². The van der Waals surface area contributed by atoms with Crippen molar-refractivity contribution in [3.8, 4) is 0 Å². The molecule has 0 heterocycles. The molecule has 0 aliphatic carbocycles. The number of hydrogen-bond donors (Lipinski definition) is 0. The molecule has 0 saturated carbocycles. The Morgan fingerprint density at radius 3 is 2.33 bits per heavy atom. The zero-order chi connectivity index (χ0) is 7.11. The summed E-state index contributed by atoms with van der Waals surface area (Å²) in [6.45, 7) is 7.38. The van der Waals surface area contributed by atoms with Crippen LogP contribution in [0.5, 0.6) is 0 Å². The molecule has 1 unspecified atom stereocenters. The SMILES string of the molecule is CCCOC(C)CCC. The minimum atomic E-state index is 0.468. The van der Waals surface area contributed by atoms with Gasteiger partial charge in [-0.2, -0.15) is 0 Å². The second-order valence-electron chi connectivity index (χ2n) is 2.47. The van der Waals surface area contributed by atoms with Crippen LogP contribution >= 0.6 is 0 Å². The van der Waals surface area contributed by atoms with E-state index in [9.17, 15) is 0 Å². The quantitative estimate of drug-likeness (QED) is 0.556. The molecule has 0 spiro atoms. The maximum absolute atomic E-state index is 5.43. The van der Waals surface area contributed by atoms with E-state index < -0.39 is 0 Å². The van der Waals surface area contributed by atoms with Crippen molar-refractivity contribution >= 4 is 0 Å². The smallest absolute Gasteiger partial charge is 0.0546 e. The first-order chi connectivity index (χ1) is 4.31. The Balaban J connectivity index is 2.95. The Morgan fingerprint density at radius 2 is 1.89 bits per heavy atom. The fourth-order valence-electron chi connectivity index (χ4n) is 0.809. The minimum Gasteiger partial charge on any atom is -0.379 e. The first kappa shape index (κ1) is 8.96. The van der Waals surface area contributed by atoms with E-state index in [2.05, 4.69) is 20.8 Å². The van der Waals surface area contributed by atoms with Crippen molar-refractivity contribution in [1.82, 2.24) is 0 Å². The van der Waals surface area contributed by atoms with Gasteiger partial charge < -0.3 is 4.74 Å². The average Bonchev–Trinajstić information content (AvgIpc) is 1.85. The molecule has 0 aliphatic rings. The van der Waals surface area contributed by atoms with E-state index >= 15 is 0 Å². The topological polar surface area (TPSA) is 9.23 Å². The lowest BCUT2D eigenvalue weighted by Gasteiger charge is -2.09. The van der Waals surface area contributed by atoms with E-state index in [0.29, 0.717) is 6.10 Å². The van der Waals surface area contributed by atoms with Crippen LogP contribution in [-0.4, -0.2) is 12.7 Å². The average molecular weight is 130 g/mol. The molecule has 0 fully saturated rings. The zero-order valence-corrected chi connectivity index (χ0v) is 6.81. The third-order valence-electron chi connectivity index (χ3n) is 1.30. The Hall–Kier alpha value is -0.0400. The Labute approximate surface area is 58.4 Å². The summed E-state index contributed by atoms with van der Waals surface area (Å²) in [7, 11) is 0. The van der Waals surface area contributed by atoms with Crippen molar-refractivity contribution in [2.24, 2.45) is 0 Å². The largest absolute Gasteiger partial charge is 0.379 e. The molecule has 1 atom stereocenters. The van der Waals surface area contributed by atoms with Crippen LogP contribution in [0.4, 0.5) is 0 Å². The zero-order valence-electron chi connectivity index (χ0n) is 6.81. The van der Waals surface area contributed by atoms with Gasteiger partial charge in [0.1, 0.15) is 0 Å². The van der Waals surface area contributed by atoms with Crippen molar-refractivity contribution in [2.45, 2.75) is 46.1 Å². The highest BCUT2D eigenvalue weighted by Crippen LogP contribution is 2.00. The van der Waals surface area contributed by atoms with Crippen LogP contribution in [0.3, 0.4) is 0 Å². The van der Waals surface area contributed by atoms with Gasteiger partial charge in [-0.05, 0) is 19.8 Å². The van der Waals surface area contributed by atoms with Gasteiger partial charge in [-0.1, -0.05) is 20.3 Å². The van der Waals surface area contributed by atoms with E-state index in [0.717, 1.165) is 13.0 Å². The highest BCUT2D eigenvalue weighted by molar-refractivity contribution is 4.46. The molecule has 0 aromatic heterocycles. The standard InChI is InChI=1S/C8H18O/c1-4-6-8(3)9-7-5-2/h8H,4-7H2,1-3H3. The fraction of sp³-hybridized carbons (Fsp3) is 1.00. The van der Waals surface area contributed by atoms with Crippen LogP contribution < -0.4 is 0 Å². The Bertz CT molecular complexity index is 52.5. The van der Waals surface area contributed by atoms with Crippen LogP contribution in [-0.2, 0) is 4.74 Å². The monoisotopic (exact) mass is 130 g/mol. The van der Waals surface area contributed by atoms with Gasteiger partial charge in [-0.3, -0.25) is 0 Å². The molecule has 0 aromatic rings. The molecular weight excluding hydrogens is 112 g/mol. The van der Waals surface area contributed by atoms with Gasteiger partial charge in [0, 0.05) is 6.61 Å². The summed E-state index contributed by atoms with van der Waals surface area (Å²) in [5, 5.41) is 0. The second-order valence-corrected chi connectivity index (χ2v) is 2.47. The van der Waals surface area contributed by atoms with Gasteiger partial charge in [0.25, 0.3) is 0 Å². The second kappa shape index (κ2) is 6.09. The summed E-state index contributed by atoms with van der Waals surface area (Å²) in [4.78, 5) is 0. The van der Waals surface area contributed by atoms with Crippen LogP contribution in [0.25, 0.3) is 0 Å². The molecule has 0 saturated heterocycles. The molecule has 1 heteroatoms. The van der Waals surface area contributed by atoms with Crippen LogP contribution in [0.1, 0.15) is 40.0 Å². The lowest BCUT2D eigenvalue weighted by atomic mass is 10.2. The van der Waals surface area contributed by atoms with Crippen LogP contribution in [0.15, 0.2) is 0 Å². The van der Waals surface area contributed by atoms with Crippen molar-refractivity contribution in [3.63, 3.8) is 0 Å². The molecule has 0 bridgehead atoms. The van der Waals surface area contributed by atoms with Crippen LogP contribution in [0, 0.1) is 0 Å². The molecule has 1 nitrogen and oxygen atoms in total. The summed E-state index contributed by atoms with van der Waals surface area (Å²) in [5.41, 5.74) is 0. The van der Waals surface area contributed by atoms with E-state index in [1.165, 1.54) is 12.8 Å². The van der Waals surface area contributed by atoms with Gasteiger partial charge >= 0.3 is 0 Å². The summed E-state index contributed by atoms with van der Waals surface area (Å²) in [5.74, 6) is 0. The highest BCUT2D eigenvalue weighted by Gasteiger charge is 1.96. The number of rotatable bonds is 5. The van der Waals surface area contributed by atoms with E-state index in [1.807, 2.05) is 0 Å². The van der Waals surface area contributed by atoms with E-state index in [4.69, 9.17) is 4.74 Å². The lowest BCUT2D eigenvalue weighted by molar-refractivity contribution is 0.0603. The van der Waals surface area contributed by atoms with Crippen molar-refractivity contribution in [1.29, 1.82) is 0 Å². The molecule has 9 heavy (non-hydrogen) atoms. The summed E-state index contributed by atoms with van der Waals surface area (Å²) in [6.07, 6.45) is 4.02. The van der Waals surface area contributed by atoms with Gasteiger partial charge in [-0.25, -0.2) is 0 Å². The normalized spacial score (nSPS) is 13.7. The van der Waals surface area contributed by atoms with Gasteiger partial charge in [0.2, 0.25) is 0 Å². The number of hydrogen-bond acceptors (Lipinski definition) is 1. The fourth-order valence-corrected chi connectivity index (χ4v) is 0.809. The summed E-state index contributed by atoms with van der Waals surface area (Å²) >= 11 is 0. The third-order valence-corrected chi connectivity index (χ3v) is 1.30. The van der Waals surface area contributed by atoms with E-state index in [-0.39, 0.29) is 0 Å². The first-order valence-corrected chi connectivity index (χ1v) is 3.92. The van der Waals surface area contributed by atoms with Gasteiger partial charge in [0.05, 0.1) is 6.10 Å². The molecule has 56 valence electrons. The molecule has 0 rings (SSSR count). The Morgan fingerprint density at radius 1 is 1.22 bits per heavy atom. The Kier molecular flexibility index (Phi) is 6.06. The predicted octanol–water partition coefficient (Wildman–Crippen LogP) is 2.60. The number of ether oxygens (including phenoxy) is 1. The molecule has 0 N–H and O–H groups in total. The summed E-state index contributed by atoms with van der Waals surface area (Å²) < 4.78 is 5.43. The highest BCUT2D eigenvalue weighted by atomic mass is 16.5. The lowest BCUT2D eigenvalue weighted by Crippen LogP contribution is -2.07. The molecule has 0 aromatic carbocycles. The van der Waals surface area contributed by atoms with Crippen LogP contribution in [0.2, 0.25) is 0 Å². The van der Waals surface area contributed by atoms with Gasteiger partial charge in [0.15, 0.2) is 0 Å². The predicted molar refractivity (Wildman–Crippen MR) is 40.6 cm³/mol. The maximum Gasteiger partial charge on any atom is 0.0546 e. The van der Waals surface area contributed by atoms with Gasteiger partial charge in [-0.15, -0.1) is 0 Å². The summed E-state index contributed by atoms with van der Waals surface area (Å²) in [6, 6.07) is 0. The van der Waals surface area contributed by atoms with Crippen molar-refractivity contribution in [3.05, 3.63) is 0 Å². The van der Waals surface area contributed by atoms with Crippen molar-refractivity contribution < 1.29 is 4.74 Å². The van der Waals surface area contributed by atoms with E-state index in [1.54, 1.807) is 0 Å².